The van der Waals surface area contributed by atoms with Crippen molar-refractivity contribution in [3.8, 4) is 0 Å². The van der Waals surface area contributed by atoms with Crippen molar-refractivity contribution in [2.24, 2.45) is 0 Å². The first-order valence-electron chi connectivity index (χ1n) is 9.75. The van der Waals surface area contributed by atoms with E-state index in [1.165, 1.54) is 15.3 Å². The summed E-state index contributed by atoms with van der Waals surface area (Å²) in [5.41, 5.74) is 1.30. The second kappa shape index (κ2) is 10.2. The van der Waals surface area contributed by atoms with Crippen LogP contribution in [0.1, 0.15) is 39.3 Å². The first-order valence-corrected chi connectivity index (χ1v) is 17.4. The summed E-state index contributed by atoms with van der Waals surface area (Å²) < 4.78 is 15.4. The Hall–Kier alpha value is 0.294. The number of rotatable bonds is 11. The Kier molecular flexibility index (Phi) is 9.53. The molecule has 26 heavy (non-hydrogen) atoms. The van der Waals surface area contributed by atoms with Crippen LogP contribution in [0.25, 0.3) is 0 Å². The van der Waals surface area contributed by atoms with Crippen LogP contribution >= 0.6 is 22.6 Å². The van der Waals surface area contributed by atoms with E-state index in [1.54, 1.807) is 0 Å². The molecule has 7 heteroatoms. The van der Waals surface area contributed by atoms with E-state index >= 15 is 0 Å². The van der Waals surface area contributed by atoms with Gasteiger partial charge in [-0.2, -0.15) is 5.10 Å². The standard InChI is InChI=1S/C19H39IN2O2Si2/c1-19(2,3)26(7,8)24-12-10-9-11-18-17(20)15-21-22(18)16-23-13-14-25(4,5)6/h15H,9-14,16H2,1-8H3. The van der Waals surface area contributed by atoms with E-state index in [4.69, 9.17) is 9.16 Å². The molecule has 0 N–H and O–H groups in total. The maximum atomic E-state index is 6.28. The number of halogens is 1. The Labute approximate surface area is 176 Å². The molecule has 0 aliphatic carbocycles. The second-order valence-electron chi connectivity index (χ2n) is 9.85. The lowest BCUT2D eigenvalue weighted by atomic mass is 10.2. The summed E-state index contributed by atoms with van der Waals surface area (Å²) >= 11 is 2.38. The molecular weight excluding hydrogens is 471 g/mol. The van der Waals surface area contributed by atoms with Crippen molar-refractivity contribution in [2.45, 2.75) is 90.6 Å². The predicted molar refractivity (Wildman–Crippen MR) is 125 cm³/mol. The fourth-order valence-electron chi connectivity index (χ4n) is 2.22. The van der Waals surface area contributed by atoms with Crippen molar-refractivity contribution in [3.05, 3.63) is 15.5 Å². The summed E-state index contributed by atoms with van der Waals surface area (Å²) in [7, 11) is -2.65. The minimum absolute atomic E-state index is 0.286. The van der Waals surface area contributed by atoms with Crippen LogP contribution in [0.5, 0.6) is 0 Å². The number of nitrogens with zero attached hydrogens (tertiary/aromatic N) is 2. The molecule has 0 aliphatic rings. The first kappa shape index (κ1) is 24.3. The van der Waals surface area contributed by atoms with Crippen molar-refractivity contribution in [3.63, 3.8) is 0 Å². The van der Waals surface area contributed by atoms with E-state index in [0.717, 1.165) is 32.5 Å². The van der Waals surface area contributed by atoms with Crippen molar-refractivity contribution >= 4 is 39.0 Å². The van der Waals surface area contributed by atoms with Gasteiger partial charge >= 0.3 is 0 Å². The Morgan fingerprint density at radius 1 is 1.08 bits per heavy atom. The molecular formula is C19H39IN2O2Si2. The lowest BCUT2D eigenvalue weighted by Gasteiger charge is -2.36. The molecule has 0 bridgehead atoms. The zero-order valence-electron chi connectivity index (χ0n) is 18.1. The van der Waals surface area contributed by atoms with Gasteiger partial charge in [-0.05, 0) is 66.0 Å². The third kappa shape index (κ3) is 8.54. The van der Waals surface area contributed by atoms with E-state index in [1.807, 2.05) is 10.9 Å². The van der Waals surface area contributed by atoms with Gasteiger partial charge in [0.15, 0.2) is 8.32 Å². The number of aromatic nitrogens is 2. The largest absolute Gasteiger partial charge is 0.417 e. The second-order valence-corrected chi connectivity index (χ2v) is 21.4. The van der Waals surface area contributed by atoms with Crippen LogP contribution in [0.15, 0.2) is 6.20 Å². The average Bonchev–Trinajstić information content (AvgIpc) is 2.82. The summed E-state index contributed by atoms with van der Waals surface area (Å²) in [4.78, 5) is 0. The van der Waals surface area contributed by atoms with Crippen molar-refractivity contribution in [2.75, 3.05) is 13.2 Å². The van der Waals surface area contributed by atoms with Crippen LogP contribution in [0.2, 0.25) is 43.8 Å². The average molecular weight is 511 g/mol. The quantitative estimate of drug-likeness (QED) is 0.204. The van der Waals surface area contributed by atoms with Crippen molar-refractivity contribution in [1.29, 1.82) is 0 Å². The number of ether oxygens (including phenoxy) is 1. The molecule has 1 rings (SSSR count). The SMILES string of the molecule is CC(C)(C)[Si](C)(C)OCCCCc1c(I)cnn1COCC[Si](C)(C)C. The molecule has 4 nitrogen and oxygen atoms in total. The van der Waals surface area contributed by atoms with Crippen LogP contribution in [0, 0.1) is 3.57 Å². The van der Waals surface area contributed by atoms with Crippen molar-refractivity contribution in [1.82, 2.24) is 9.78 Å². The molecule has 1 aromatic heterocycles. The minimum atomic E-state index is -1.62. The van der Waals surface area contributed by atoms with E-state index in [9.17, 15) is 0 Å². The Morgan fingerprint density at radius 2 is 1.73 bits per heavy atom. The lowest BCUT2D eigenvalue weighted by molar-refractivity contribution is 0.0763. The van der Waals surface area contributed by atoms with Gasteiger partial charge < -0.3 is 9.16 Å². The van der Waals surface area contributed by atoms with Gasteiger partial charge in [-0.3, -0.25) is 0 Å². The molecule has 0 atom stereocenters. The Balaban J connectivity index is 2.38. The maximum absolute atomic E-state index is 6.28. The van der Waals surface area contributed by atoms with E-state index in [-0.39, 0.29) is 5.04 Å². The fourth-order valence-corrected chi connectivity index (χ4v) is 4.73. The van der Waals surface area contributed by atoms with Crippen LogP contribution in [-0.2, 0) is 22.3 Å². The molecule has 0 fully saturated rings. The number of hydrogen-bond donors (Lipinski definition) is 0. The summed E-state index contributed by atoms with van der Waals surface area (Å²) in [5, 5.41) is 4.78. The third-order valence-electron chi connectivity index (χ3n) is 5.18. The molecule has 0 aliphatic heterocycles. The Bertz CT molecular complexity index is 549. The molecule has 0 saturated carbocycles. The normalized spacial score (nSPS) is 13.4. The highest BCUT2D eigenvalue weighted by atomic mass is 127. The molecule has 1 aromatic rings. The zero-order valence-corrected chi connectivity index (χ0v) is 22.3. The summed E-state index contributed by atoms with van der Waals surface area (Å²) in [6.45, 7) is 20.9. The van der Waals surface area contributed by atoms with Gasteiger partial charge in [0.05, 0.1) is 15.5 Å². The highest BCUT2D eigenvalue weighted by Crippen LogP contribution is 2.36. The van der Waals surface area contributed by atoms with Crippen LogP contribution in [0.3, 0.4) is 0 Å². The third-order valence-corrected chi connectivity index (χ3v) is 12.3. The summed E-state index contributed by atoms with van der Waals surface area (Å²) in [6, 6.07) is 1.20. The summed E-state index contributed by atoms with van der Waals surface area (Å²) in [6.07, 6.45) is 5.22. The van der Waals surface area contributed by atoms with Gasteiger partial charge in [-0.15, -0.1) is 0 Å². The van der Waals surface area contributed by atoms with E-state index in [2.05, 4.69) is 81.2 Å². The molecule has 0 unspecified atom stereocenters. The fraction of sp³-hybridized carbons (Fsp3) is 0.842. The van der Waals surface area contributed by atoms with Crippen LogP contribution in [0.4, 0.5) is 0 Å². The zero-order chi connectivity index (χ0) is 20.0. The van der Waals surface area contributed by atoms with Crippen LogP contribution < -0.4 is 0 Å². The van der Waals surface area contributed by atoms with Gasteiger partial charge in [0.2, 0.25) is 0 Å². The van der Waals surface area contributed by atoms with E-state index in [0.29, 0.717) is 6.73 Å². The number of hydrogen-bond acceptors (Lipinski definition) is 3. The topological polar surface area (TPSA) is 36.3 Å². The molecule has 1 heterocycles. The minimum Gasteiger partial charge on any atom is -0.417 e. The monoisotopic (exact) mass is 510 g/mol. The van der Waals surface area contributed by atoms with Crippen molar-refractivity contribution < 1.29 is 9.16 Å². The molecule has 0 spiro atoms. The Morgan fingerprint density at radius 3 is 2.31 bits per heavy atom. The van der Waals surface area contributed by atoms with Gasteiger partial charge in [-0.25, -0.2) is 4.68 Å². The van der Waals surface area contributed by atoms with Gasteiger partial charge in [0.25, 0.3) is 0 Å². The van der Waals surface area contributed by atoms with Gasteiger partial charge in [0.1, 0.15) is 6.73 Å². The summed E-state index contributed by atoms with van der Waals surface area (Å²) in [5.74, 6) is 0. The molecule has 152 valence electrons. The molecule has 0 saturated heterocycles. The van der Waals surface area contributed by atoms with E-state index < -0.39 is 16.4 Å². The molecule has 0 amide bonds. The first-order chi connectivity index (χ1) is 11.8. The molecule has 0 aromatic carbocycles. The predicted octanol–water partition coefficient (Wildman–Crippen LogP) is 6.14. The lowest BCUT2D eigenvalue weighted by Crippen LogP contribution is -2.40. The smallest absolute Gasteiger partial charge is 0.191 e. The maximum Gasteiger partial charge on any atom is 0.191 e. The number of unbranched alkanes of at least 4 members (excludes halogenated alkanes) is 1. The van der Waals surface area contributed by atoms with Gasteiger partial charge in [0, 0.05) is 21.3 Å². The highest BCUT2D eigenvalue weighted by Gasteiger charge is 2.36. The molecule has 0 radical (unpaired) electrons. The highest BCUT2D eigenvalue weighted by molar-refractivity contribution is 14.1. The van der Waals surface area contributed by atoms with Gasteiger partial charge in [-0.1, -0.05) is 40.4 Å². The van der Waals surface area contributed by atoms with Crippen LogP contribution in [-0.4, -0.2) is 39.4 Å².